The zero-order chi connectivity index (χ0) is 14.4. The lowest BCUT2D eigenvalue weighted by Gasteiger charge is -2.07. The molecule has 0 bridgehead atoms. The zero-order valence-corrected chi connectivity index (χ0v) is 13.7. The standard InChI is InChI=1S/C16H17Cl2NS/c1-2-9-19-11-12-3-6-14(7-4-12)20-16-10-13(17)5-8-15(16)18/h3-8,10,19H,2,9,11H2,1H3. The second-order valence-electron chi connectivity index (χ2n) is 4.50. The van der Waals surface area contributed by atoms with Crippen molar-refractivity contribution in [2.75, 3.05) is 6.54 Å². The largest absolute Gasteiger partial charge is 0.313 e. The maximum atomic E-state index is 6.17. The third-order valence-corrected chi connectivity index (χ3v) is 4.54. The first kappa shape index (κ1) is 15.7. The van der Waals surface area contributed by atoms with E-state index in [0.717, 1.165) is 34.3 Å². The summed E-state index contributed by atoms with van der Waals surface area (Å²) < 4.78 is 0. The van der Waals surface area contributed by atoms with E-state index in [4.69, 9.17) is 23.2 Å². The van der Waals surface area contributed by atoms with Crippen LogP contribution in [0, 0.1) is 0 Å². The van der Waals surface area contributed by atoms with Crippen molar-refractivity contribution in [2.24, 2.45) is 0 Å². The molecule has 0 aliphatic rings. The molecule has 1 N–H and O–H groups in total. The van der Waals surface area contributed by atoms with Gasteiger partial charge in [0.1, 0.15) is 0 Å². The maximum Gasteiger partial charge on any atom is 0.0546 e. The first-order valence-corrected chi connectivity index (χ1v) is 8.19. The van der Waals surface area contributed by atoms with Gasteiger partial charge in [-0.2, -0.15) is 0 Å². The van der Waals surface area contributed by atoms with Crippen LogP contribution >= 0.6 is 35.0 Å². The predicted molar refractivity (Wildman–Crippen MR) is 89.0 cm³/mol. The van der Waals surface area contributed by atoms with E-state index >= 15 is 0 Å². The van der Waals surface area contributed by atoms with Gasteiger partial charge in [-0.1, -0.05) is 54.0 Å². The monoisotopic (exact) mass is 325 g/mol. The molecule has 0 saturated heterocycles. The van der Waals surface area contributed by atoms with E-state index in [9.17, 15) is 0 Å². The van der Waals surface area contributed by atoms with Crippen molar-refractivity contribution in [1.82, 2.24) is 5.32 Å². The highest BCUT2D eigenvalue weighted by Gasteiger charge is 2.04. The van der Waals surface area contributed by atoms with E-state index in [1.165, 1.54) is 5.56 Å². The topological polar surface area (TPSA) is 12.0 Å². The summed E-state index contributed by atoms with van der Waals surface area (Å²) in [5.41, 5.74) is 1.29. The Hall–Kier alpha value is -0.670. The molecule has 2 rings (SSSR count). The smallest absolute Gasteiger partial charge is 0.0546 e. The Balaban J connectivity index is 2.01. The van der Waals surface area contributed by atoms with Crippen LogP contribution in [-0.4, -0.2) is 6.54 Å². The number of rotatable bonds is 6. The molecule has 0 radical (unpaired) electrons. The van der Waals surface area contributed by atoms with Gasteiger partial charge in [-0.05, 0) is 48.9 Å². The molecule has 4 heteroatoms. The Kier molecular flexibility index (Phi) is 6.24. The molecule has 0 amide bonds. The Labute approximate surface area is 134 Å². The van der Waals surface area contributed by atoms with E-state index in [1.54, 1.807) is 17.8 Å². The first-order valence-electron chi connectivity index (χ1n) is 6.61. The molecular weight excluding hydrogens is 309 g/mol. The molecular formula is C16H17Cl2NS. The summed E-state index contributed by atoms with van der Waals surface area (Å²) in [4.78, 5) is 2.14. The second-order valence-corrected chi connectivity index (χ2v) is 6.46. The van der Waals surface area contributed by atoms with Crippen molar-refractivity contribution in [2.45, 2.75) is 29.7 Å². The van der Waals surface area contributed by atoms with E-state index in [0.29, 0.717) is 5.02 Å². The molecule has 0 unspecified atom stereocenters. The predicted octanol–water partition coefficient (Wildman–Crippen LogP) is 5.64. The summed E-state index contributed by atoms with van der Waals surface area (Å²) in [6.45, 7) is 4.13. The van der Waals surface area contributed by atoms with E-state index in [-0.39, 0.29) is 0 Å². The third kappa shape index (κ3) is 4.71. The zero-order valence-electron chi connectivity index (χ0n) is 11.3. The van der Waals surface area contributed by atoms with Gasteiger partial charge in [-0.25, -0.2) is 0 Å². The normalized spacial score (nSPS) is 10.8. The van der Waals surface area contributed by atoms with E-state index in [1.807, 2.05) is 12.1 Å². The molecule has 0 saturated carbocycles. The molecule has 0 spiro atoms. The van der Waals surface area contributed by atoms with Gasteiger partial charge in [0.05, 0.1) is 5.02 Å². The molecule has 0 atom stereocenters. The van der Waals surface area contributed by atoms with Crippen LogP contribution in [0.15, 0.2) is 52.3 Å². The first-order chi connectivity index (χ1) is 9.69. The van der Waals surface area contributed by atoms with Crippen molar-refractivity contribution in [1.29, 1.82) is 0 Å². The Morgan fingerprint density at radius 3 is 2.50 bits per heavy atom. The molecule has 0 aromatic heterocycles. The molecule has 0 heterocycles. The quantitative estimate of drug-likeness (QED) is 0.689. The summed E-state index contributed by atoms with van der Waals surface area (Å²) in [5, 5.41) is 4.83. The van der Waals surface area contributed by atoms with Gasteiger partial charge < -0.3 is 5.32 Å². The van der Waals surface area contributed by atoms with Crippen molar-refractivity contribution >= 4 is 35.0 Å². The summed E-state index contributed by atoms with van der Waals surface area (Å²) in [7, 11) is 0. The van der Waals surface area contributed by atoms with Crippen molar-refractivity contribution in [3.05, 3.63) is 58.1 Å². The summed E-state index contributed by atoms with van der Waals surface area (Å²) in [6.07, 6.45) is 1.15. The molecule has 0 fully saturated rings. The van der Waals surface area contributed by atoms with Crippen LogP contribution < -0.4 is 5.32 Å². The average Bonchev–Trinajstić information content (AvgIpc) is 2.45. The highest BCUT2D eigenvalue weighted by Crippen LogP contribution is 2.35. The molecule has 20 heavy (non-hydrogen) atoms. The minimum atomic E-state index is 0.706. The lowest BCUT2D eigenvalue weighted by molar-refractivity contribution is 0.675. The summed E-state index contributed by atoms with van der Waals surface area (Å²) in [5.74, 6) is 0. The van der Waals surface area contributed by atoms with Crippen LogP contribution in [0.1, 0.15) is 18.9 Å². The fourth-order valence-corrected chi connectivity index (χ4v) is 3.11. The summed E-state index contributed by atoms with van der Waals surface area (Å²) >= 11 is 13.8. The van der Waals surface area contributed by atoms with Crippen molar-refractivity contribution < 1.29 is 0 Å². The fraction of sp³-hybridized carbons (Fsp3) is 0.250. The molecule has 1 nitrogen and oxygen atoms in total. The summed E-state index contributed by atoms with van der Waals surface area (Å²) in [6, 6.07) is 14.0. The van der Waals surface area contributed by atoms with Crippen LogP contribution in [-0.2, 0) is 6.54 Å². The van der Waals surface area contributed by atoms with Crippen molar-refractivity contribution in [3.8, 4) is 0 Å². The Morgan fingerprint density at radius 2 is 1.80 bits per heavy atom. The Bertz CT molecular complexity index is 555. The third-order valence-electron chi connectivity index (χ3n) is 2.80. The van der Waals surface area contributed by atoms with Gasteiger partial charge in [0.15, 0.2) is 0 Å². The molecule has 106 valence electrons. The van der Waals surface area contributed by atoms with Gasteiger partial charge in [-0.15, -0.1) is 0 Å². The van der Waals surface area contributed by atoms with Gasteiger partial charge >= 0.3 is 0 Å². The van der Waals surface area contributed by atoms with E-state index in [2.05, 4.69) is 36.5 Å². The lowest BCUT2D eigenvalue weighted by atomic mass is 10.2. The van der Waals surface area contributed by atoms with Crippen LogP contribution in [0.3, 0.4) is 0 Å². The maximum absolute atomic E-state index is 6.17. The van der Waals surface area contributed by atoms with Gasteiger partial charge in [-0.3, -0.25) is 0 Å². The number of hydrogen-bond acceptors (Lipinski definition) is 2. The minimum Gasteiger partial charge on any atom is -0.313 e. The molecule has 0 aliphatic heterocycles. The van der Waals surface area contributed by atoms with Crippen LogP contribution in [0.5, 0.6) is 0 Å². The fourth-order valence-electron chi connectivity index (χ4n) is 1.77. The van der Waals surface area contributed by atoms with Crippen LogP contribution in [0.25, 0.3) is 0 Å². The average molecular weight is 326 g/mol. The number of nitrogens with one attached hydrogen (secondary N) is 1. The second kappa shape index (κ2) is 7.94. The van der Waals surface area contributed by atoms with Crippen molar-refractivity contribution in [3.63, 3.8) is 0 Å². The number of hydrogen-bond donors (Lipinski definition) is 1. The molecule has 0 aliphatic carbocycles. The minimum absolute atomic E-state index is 0.706. The highest BCUT2D eigenvalue weighted by atomic mass is 35.5. The number of halogens is 2. The lowest BCUT2D eigenvalue weighted by Crippen LogP contribution is -2.13. The van der Waals surface area contributed by atoms with Gasteiger partial charge in [0.2, 0.25) is 0 Å². The SMILES string of the molecule is CCCNCc1ccc(Sc2cc(Cl)ccc2Cl)cc1. The Morgan fingerprint density at radius 1 is 1.05 bits per heavy atom. The van der Waals surface area contributed by atoms with Crippen LogP contribution in [0.4, 0.5) is 0 Å². The molecule has 2 aromatic rings. The van der Waals surface area contributed by atoms with Gasteiger partial charge in [0, 0.05) is 21.4 Å². The highest BCUT2D eigenvalue weighted by molar-refractivity contribution is 7.99. The van der Waals surface area contributed by atoms with Gasteiger partial charge in [0.25, 0.3) is 0 Å². The molecule has 2 aromatic carbocycles. The number of benzene rings is 2. The van der Waals surface area contributed by atoms with Crippen LogP contribution in [0.2, 0.25) is 10.0 Å². The van der Waals surface area contributed by atoms with E-state index < -0.39 is 0 Å².